The summed E-state index contributed by atoms with van der Waals surface area (Å²) in [6.45, 7) is 3.71. The largest absolute Gasteiger partial charge is 0.356 e. The fraction of sp³-hybridized carbons (Fsp3) is 0.600. The van der Waals surface area contributed by atoms with Crippen molar-refractivity contribution in [3.05, 3.63) is 41.7 Å². The van der Waals surface area contributed by atoms with Gasteiger partial charge in [0.1, 0.15) is 5.69 Å². The Labute approximate surface area is 262 Å². The van der Waals surface area contributed by atoms with Gasteiger partial charge in [0.15, 0.2) is 0 Å². The van der Waals surface area contributed by atoms with Crippen molar-refractivity contribution in [3.63, 3.8) is 0 Å². The third kappa shape index (κ3) is 7.26. The van der Waals surface area contributed by atoms with Crippen molar-refractivity contribution >= 4 is 33.5 Å². The molecular weight excluding hydrogens is 606 g/mol. The minimum absolute atomic E-state index is 0.0975. The van der Waals surface area contributed by atoms with E-state index in [1.54, 1.807) is 28.9 Å². The van der Waals surface area contributed by atoms with Crippen LogP contribution in [0.15, 0.2) is 35.2 Å². The number of alkyl halides is 2. The summed E-state index contributed by atoms with van der Waals surface area (Å²) in [5.41, 5.74) is 12.0. The molecule has 5 N–H and O–H groups in total. The third-order valence-corrected chi connectivity index (χ3v) is 10.9. The lowest BCUT2D eigenvalue weighted by Crippen LogP contribution is -2.49. The maximum absolute atomic E-state index is 15.8. The maximum Gasteiger partial charge on any atom is 0.292 e. The smallest absolute Gasteiger partial charge is 0.292 e. The Bertz CT molecular complexity index is 1480. The highest BCUT2D eigenvalue weighted by Crippen LogP contribution is 2.44. The normalized spacial score (nSPS) is 23.4. The molecule has 1 aliphatic carbocycles. The second-order valence-corrected chi connectivity index (χ2v) is 14.1. The number of carbonyl (C=O) groups is 2. The minimum atomic E-state index is -3.82. The van der Waals surface area contributed by atoms with Crippen molar-refractivity contribution in [2.75, 3.05) is 55.6 Å². The number of sulfonamides is 1. The average Bonchev–Trinajstić information content (AvgIpc) is 3.38. The van der Waals surface area contributed by atoms with E-state index >= 15 is 8.78 Å². The topological polar surface area (TPSA) is 168 Å². The van der Waals surface area contributed by atoms with Crippen molar-refractivity contribution in [1.82, 2.24) is 19.6 Å². The number of piperazine rings is 1. The second kappa shape index (κ2) is 13.6. The lowest BCUT2D eigenvalue weighted by molar-refractivity contribution is -0.129. The van der Waals surface area contributed by atoms with Gasteiger partial charge in [-0.3, -0.25) is 9.59 Å². The standard InChI is InChI=1S/C30H42F2N8O4S/c1-20-17-26(30(31,32)22-5-3-21(4-6-22)28(42)35-12-2-11-33)37-29(36-20)38-13-15-39(16-14-38)45(43,44)25-9-7-24(8-10-25)40-19-23(34)18-27(40)41/h7-10,17,21-23H,2-6,11-16,18-19,33-34H2,1H3,(H,35,42)/t21?,22?,23-/m1/s1. The molecule has 246 valence electrons. The highest BCUT2D eigenvalue weighted by Gasteiger charge is 2.45. The number of nitrogens with one attached hydrogen (secondary N) is 1. The Kier molecular flexibility index (Phi) is 10.0. The van der Waals surface area contributed by atoms with Gasteiger partial charge >= 0.3 is 0 Å². The predicted molar refractivity (Wildman–Crippen MR) is 165 cm³/mol. The van der Waals surface area contributed by atoms with Crippen molar-refractivity contribution < 1.29 is 26.8 Å². The van der Waals surface area contributed by atoms with Crippen LogP contribution in [0.3, 0.4) is 0 Å². The summed E-state index contributed by atoms with van der Waals surface area (Å²) < 4.78 is 59.7. The van der Waals surface area contributed by atoms with Gasteiger partial charge in [0.2, 0.25) is 27.8 Å². The summed E-state index contributed by atoms with van der Waals surface area (Å²) in [6, 6.07) is 7.23. The van der Waals surface area contributed by atoms with Crippen molar-refractivity contribution in [1.29, 1.82) is 0 Å². The van der Waals surface area contributed by atoms with Gasteiger partial charge in [-0.1, -0.05) is 0 Å². The second-order valence-electron chi connectivity index (χ2n) is 12.2. The molecule has 3 heterocycles. The van der Waals surface area contributed by atoms with Crippen LogP contribution in [-0.2, 0) is 25.5 Å². The van der Waals surface area contributed by atoms with Crippen molar-refractivity contribution in [2.45, 2.75) is 62.3 Å². The van der Waals surface area contributed by atoms with Gasteiger partial charge in [0.25, 0.3) is 5.92 Å². The first-order valence-corrected chi connectivity index (χ1v) is 17.0. The van der Waals surface area contributed by atoms with E-state index in [0.29, 0.717) is 50.3 Å². The molecule has 5 rings (SSSR count). The number of aryl methyl sites for hydroxylation is 1. The number of halogens is 2. The van der Waals surface area contributed by atoms with Crippen LogP contribution in [-0.4, -0.2) is 86.4 Å². The molecule has 2 saturated heterocycles. The first-order valence-electron chi connectivity index (χ1n) is 15.5. The van der Waals surface area contributed by atoms with E-state index in [9.17, 15) is 18.0 Å². The van der Waals surface area contributed by atoms with Gasteiger partial charge in [0.05, 0.1) is 4.90 Å². The molecular formula is C30H42F2N8O4S. The number of rotatable bonds is 10. The number of nitrogens with zero attached hydrogens (tertiary/aromatic N) is 5. The van der Waals surface area contributed by atoms with Crippen LogP contribution in [0.2, 0.25) is 0 Å². The first kappa shape index (κ1) is 33.1. The van der Waals surface area contributed by atoms with Gasteiger partial charge in [-0.05, 0) is 75.9 Å². The van der Waals surface area contributed by atoms with Crippen molar-refractivity contribution in [3.8, 4) is 0 Å². The Morgan fingerprint density at radius 3 is 2.33 bits per heavy atom. The molecule has 12 nitrogen and oxygen atoms in total. The molecule has 1 saturated carbocycles. The SMILES string of the molecule is Cc1cc(C(F)(F)C2CCC(C(=O)NCCCN)CC2)nc(N2CCN(S(=O)(=O)c3ccc(N4C[C@H](N)CC4=O)cc3)CC2)n1. The average molecular weight is 649 g/mol. The van der Waals surface area contributed by atoms with E-state index in [1.165, 1.54) is 22.5 Å². The molecule has 1 atom stereocenters. The summed E-state index contributed by atoms with van der Waals surface area (Å²) in [5.74, 6) is -4.48. The zero-order valence-electron chi connectivity index (χ0n) is 25.5. The van der Waals surface area contributed by atoms with Gasteiger partial charge in [0, 0.05) is 74.9 Å². The highest BCUT2D eigenvalue weighted by atomic mass is 32.2. The molecule has 0 bridgehead atoms. The van der Waals surface area contributed by atoms with Crippen LogP contribution in [0, 0.1) is 18.8 Å². The fourth-order valence-electron chi connectivity index (χ4n) is 6.31. The molecule has 45 heavy (non-hydrogen) atoms. The summed E-state index contributed by atoms with van der Waals surface area (Å²) in [5, 5.41) is 2.84. The number of hydrogen-bond acceptors (Lipinski definition) is 9. The number of hydrogen-bond donors (Lipinski definition) is 3. The van der Waals surface area contributed by atoms with Gasteiger partial charge < -0.3 is 26.6 Å². The van der Waals surface area contributed by atoms with E-state index in [1.807, 2.05) is 0 Å². The molecule has 15 heteroatoms. The zero-order valence-corrected chi connectivity index (χ0v) is 26.3. The van der Waals surface area contributed by atoms with Crippen LogP contribution in [0.5, 0.6) is 0 Å². The number of anilines is 2. The van der Waals surface area contributed by atoms with Gasteiger partial charge in [-0.25, -0.2) is 18.4 Å². The molecule has 3 fully saturated rings. The van der Waals surface area contributed by atoms with Crippen molar-refractivity contribution in [2.24, 2.45) is 23.3 Å². The quantitative estimate of drug-likeness (QED) is 0.325. The molecule has 0 radical (unpaired) electrons. The Morgan fingerprint density at radius 1 is 1.07 bits per heavy atom. The first-order chi connectivity index (χ1) is 21.4. The van der Waals surface area contributed by atoms with E-state index in [0.717, 1.165) is 0 Å². The molecule has 3 aliphatic rings. The minimum Gasteiger partial charge on any atom is -0.356 e. The lowest BCUT2D eigenvalue weighted by Gasteiger charge is -2.35. The summed E-state index contributed by atoms with van der Waals surface area (Å²) in [6.07, 6.45) is 2.11. The molecule has 1 aromatic heterocycles. The van der Waals surface area contributed by atoms with E-state index in [2.05, 4.69) is 15.3 Å². The van der Waals surface area contributed by atoms with E-state index in [4.69, 9.17) is 11.5 Å². The van der Waals surface area contributed by atoms with Crippen LogP contribution in [0.4, 0.5) is 20.4 Å². The lowest BCUT2D eigenvalue weighted by atomic mass is 9.77. The molecule has 2 aromatic rings. The number of benzene rings is 1. The van der Waals surface area contributed by atoms with Gasteiger partial charge in [-0.15, -0.1) is 0 Å². The molecule has 2 aliphatic heterocycles. The third-order valence-electron chi connectivity index (χ3n) is 8.94. The van der Waals surface area contributed by atoms with Crippen LogP contribution < -0.4 is 26.6 Å². The number of nitrogens with two attached hydrogens (primary N) is 2. The molecule has 0 unspecified atom stereocenters. The van der Waals surface area contributed by atoms with Crippen LogP contribution in [0.25, 0.3) is 0 Å². The molecule has 2 amide bonds. The summed E-state index contributed by atoms with van der Waals surface area (Å²) >= 11 is 0. The molecule has 1 aromatic carbocycles. The highest BCUT2D eigenvalue weighted by molar-refractivity contribution is 7.89. The number of amides is 2. The Hall–Kier alpha value is -3.27. The Morgan fingerprint density at radius 2 is 1.73 bits per heavy atom. The zero-order chi connectivity index (χ0) is 32.4. The van der Waals surface area contributed by atoms with Gasteiger partial charge in [-0.2, -0.15) is 13.1 Å². The fourth-order valence-corrected chi connectivity index (χ4v) is 7.73. The summed E-state index contributed by atoms with van der Waals surface area (Å²) in [4.78, 5) is 36.6. The number of carbonyl (C=O) groups excluding carboxylic acids is 2. The number of aromatic nitrogens is 2. The Balaban J connectivity index is 1.20. The molecule has 0 spiro atoms. The van der Waals surface area contributed by atoms with E-state index in [-0.39, 0.29) is 85.8 Å². The van der Waals surface area contributed by atoms with Crippen LogP contribution >= 0.6 is 0 Å². The summed E-state index contributed by atoms with van der Waals surface area (Å²) in [7, 11) is -3.82. The van der Waals surface area contributed by atoms with E-state index < -0.39 is 21.9 Å². The maximum atomic E-state index is 15.8. The predicted octanol–water partition coefficient (Wildman–Crippen LogP) is 1.72. The van der Waals surface area contributed by atoms with Crippen LogP contribution in [0.1, 0.15) is 49.9 Å². The monoisotopic (exact) mass is 648 g/mol.